The third-order valence-corrected chi connectivity index (χ3v) is 7.66. The number of nitrogens with zero attached hydrogens (tertiary/aromatic N) is 5. The molecule has 0 saturated carbocycles. The first-order valence-corrected chi connectivity index (χ1v) is 12.6. The number of hydrogen-bond acceptors (Lipinski definition) is 6. The van der Waals surface area contributed by atoms with E-state index in [4.69, 9.17) is 9.72 Å². The third-order valence-electron chi connectivity index (χ3n) is 7.66. The Morgan fingerprint density at radius 2 is 1.84 bits per heavy atom. The van der Waals surface area contributed by atoms with Crippen LogP contribution in [0.1, 0.15) is 56.0 Å². The minimum absolute atomic E-state index is 0.0811. The summed E-state index contributed by atoms with van der Waals surface area (Å²) >= 11 is 0. The number of fused-ring (bicyclic) bond motifs is 1. The van der Waals surface area contributed by atoms with E-state index >= 15 is 0 Å². The van der Waals surface area contributed by atoms with E-state index in [9.17, 15) is 9.59 Å². The van der Waals surface area contributed by atoms with Gasteiger partial charge in [-0.2, -0.15) is 0 Å². The number of aromatic nitrogens is 2. The quantitative estimate of drug-likeness (QED) is 0.678. The summed E-state index contributed by atoms with van der Waals surface area (Å²) < 4.78 is 7.62. The highest BCUT2D eigenvalue weighted by atomic mass is 16.5. The lowest BCUT2D eigenvalue weighted by Gasteiger charge is -2.35. The molecule has 0 aliphatic carbocycles. The maximum atomic E-state index is 13.0. The summed E-state index contributed by atoms with van der Waals surface area (Å²) in [6.07, 6.45) is 7.88. The van der Waals surface area contributed by atoms with Crippen LogP contribution in [0.2, 0.25) is 0 Å². The van der Waals surface area contributed by atoms with Crippen molar-refractivity contribution in [2.75, 3.05) is 59.0 Å². The van der Waals surface area contributed by atoms with Gasteiger partial charge in [-0.1, -0.05) is 6.42 Å². The minimum atomic E-state index is 0.0811. The number of aryl methyl sites for hydroxylation is 1. The molecule has 0 bridgehead atoms. The van der Waals surface area contributed by atoms with E-state index in [1.54, 1.807) is 6.07 Å². The van der Waals surface area contributed by atoms with Crippen molar-refractivity contribution in [2.45, 2.75) is 63.5 Å². The molecule has 5 rings (SSSR count). The molecule has 3 saturated heterocycles. The molecule has 1 aromatic heterocycles. The molecule has 3 fully saturated rings. The topological polar surface area (TPSA) is 70.9 Å². The van der Waals surface area contributed by atoms with Crippen LogP contribution in [0, 0.1) is 0 Å². The molecule has 176 valence electrons. The highest BCUT2D eigenvalue weighted by Gasteiger charge is 2.31. The zero-order chi connectivity index (χ0) is 21.9. The van der Waals surface area contributed by atoms with Gasteiger partial charge in [0, 0.05) is 77.4 Å². The second-order valence-electron chi connectivity index (χ2n) is 9.93. The van der Waals surface area contributed by atoms with Crippen molar-refractivity contribution in [2.24, 2.45) is 0 Å². The zero-order valence-corrected chi connectivity index (χ0v) is 19.2. The lowest BCUT2D eigenvalue weighted by molar-refractivity contribution is -0.131. The summed E-state index contributed by atoms with van der Waals surface area (Å²) in [6, 6.07) is 1.72. The van der Waals surface area contributed by atoms with Gasteiger partial charge in [-0.25, -0.2) is 4.98 Å². The molecule has 0 spiro atoms. The van der Waals surface area contributed by atoms with Crippen LogP contribution in [0.3, 0.4) is 0 Å². The highest BCUT2D eigenvalue weighted by Crippen LogP contribution is 2.26. The van der Waals surface area contributed by atoms with Crippen molar-refractivity contribution in [3.63, 3.8) is 0 Å². The second kappa shape index (κ2) is 10.0. The Kier molecular flexibility index (Phi) is 6.90. The Morgan fingerprint density at radius 3 is 2.66 bits per heavy atom. The highest BCUT2D eigenvalue weighted by molar-refractivity contribution is 5.78. The first kappa shape index (κ1) is 22.0. The summed E-state index contributed by atoms with van der Waals surface area (Å²) in [4.78, 5) is 37.2. The van der Waals surface area contributed by atoms with Crippen molar-refractivity contribution < 1.29 is 9.53 Å². The standard InChI is InChI=1S/C24H37N5O3/c30-23-15-21(25-22-6-2-1-3-8-29(22)23)19-7-9-28(16-19)24(31)18-27-12-10-26(11-13-27)17-20-5-4-14-32-20/h15,19-20H,1-14,16-18H2/t19-,20-/m1/s1. The van der Waals surface area contributed by atoms with Crippen molar-refractivity contribution in [3.05, 3.63) is 27.9 Å². The van der Waals surface area contributed by atoms with Crippen LogP contribution in [-0.4, -0.2) is 95.2 Å². The van der Waals surface area contributed by atoms with Gasteiger partial charge in [0.15, 0.2) is 0 Å². The van der Waals surface area contributed by atoms with E-state index in [0.29, 0.717) is 19.2 Å². The van der Waals surface area contributed by atoms with E-state index in [2.05, 4.69) is 9.80 Å². The monoisotopic (exact) mass is 443 g/mol. The number of rotatable bonds is 5. The van der Waals surface area contributed by atoms with Crippen LogP contribution in [0.15, 0.2) is 10.9 Å². The van der Waals surface area contributed by atoms with Gasteiger partial charge >= 0.3 is 0 Å². The molecular weight excluding hydrogens is 406 g/mol. The number of likely N-dealkylation sites (tertiary alicyclic amines) is 1. The van der Waals surface area contributed by atoms with Gasteiger partial charge in [-0.05, 0) is 32.1 Å². The number of carbonyl (C=O) groups excluding carboxylic acids is 1. The van der Waals surface area contributed by atoms with Crippen LogP contribution in [0.4, 0.5) is 0 Å². The SMILES string of the molecule is O=C(CN1CCN(C[C@H]2CCCO2)CC1)N1CC[C@@H](c2cc(=O)n3c(n2)CCCCC3)C1. The van der Waals surface area contributed by atoms with Gasteiger partial charge in [0.2, 0.25) is 5.91 Å². The predicted molar refractivity (Wildman–Crippen MR) is 122 cm³/mol. The fraction of sp³-hybridized carbons (Fsp3) is 0.792. The molecule has 0 aromatic carbocycles. The summed E-state index contributed by atoms with van der Waals surface area (Å²) in [7, 11) is 0. The number of carbonyl (C=O) groups is 1. The van der Waals surface area contributed by atoms with Crippen LogP contribution in [0.5, 0.6) is 0 Å². The summed E-state index contributed by atoms with van der Waals surface area (Å²) in [5, 5.41) is 0. The van der Waals surface area contributed by atoms with Crippen LogP contribution in [-0.2, 0) is 22.5 Å². The fourth-order valence-electron chi connectivity index (χ4n) is 5.67. The third kappa shape index (κ3) is 5.07. The minimum Gasteiger partial charge on any atom is -0.377 e. The number of piperazine rings is 1. The largest absolute Gasteiger partial charge is 0.377 e. The Bertz CT molecular complexity index is 858. The smallest absolute Gasteiger partial charge is 0.253 e. The van der Waals surface area contributed by atoms with Crippen LogP contribution in [0.25, 0.3) is 0 Å². The van der Waals surface area contributed by atoms with E-state index in [1.807, 2.05) is 9.47 Å². The molecular formula is C24H37N5O3. The van der Waals surface area contributed by atoms with Gasteiger partial charge in [-0.15, -0.1) is 0 Å². The van der Waals surface area contributed by atoms with Crippen molar-refractivity contribution in [3.8, 4) is 0 Å². The fourth-order valence-corrected chi connectivity index (χ4v) is 5.67. The van der Waals surface area contributed by atoms with Gasteiger partial charge in [0.25, 0.3) is 5.56 Å². The Hall–Kier alpha value is -1.77. The average molecular weight is 444 g/mol. The molecule has 0 unspecified atom stereocenters. The van der Waals surface area contributed by atoms with Crippen LogP contribution < -0.4 is 5.56 Å². The molecule has 5 heterocycles. The molecule has 0 N–H and O–H groups in total. The number of amides is 1. The number of hydrogen-bond donors (Lipinski definition) is 0. The Balaban J connectivity index is 1.12. The van der Waals surface area contributed by atoms with Gasteiger partial charge < -0.3 is 9.64 Å². The molecule has 8 heteroatoms. The average Bonchev–Trinajstić information content (AvgIpc) is 3.43. The molecule has 1 amide bonds. The maximum absolute atomic E-state index is 13.0. The van der Waals surface area contributed by atoms with Gasteiger partial charge in [0.1, 0.15) is 5.82 Å². The summed E-state index contributed by atoms with van der Waals surface area (Å²) in [6.45, 7) is 8.60. The van der Waals surface area contributed by atoms with Crippen molar-refractivity contribution in [1.82, 2.24) is 24.3 Å². The second-order valence-corrected chi connectivity index (χ2v) is 9.93. The number of ether oxygens (including phenoxy) is 1. The molecule has 32 heavy (non-hydrogen) atoms. The zero-order valence-electron chi connectivity index (χ0n) is 19.2. The van der Waals surface area contributed by atoms with E-state index in [-0.39, 0.29) is 17.4 Å². The molecule has 2 atom stereocenters. The lowest BCUT2D eigenvalue weighted by atomic mass is 10.0. The molecule has 4 aliphatic heterocycles. The predicted octanol–water partition coefficient (Wildman–Crippen LogP) is 1.08. The Labute approximate surface area is 190 Å². The molecule has 8 nitrogen and oxygen atoms in total. The summed E-state index contributed by atoms with van der Waals surface area (Å²) in [5.41, 5.74) is 0.971. The summed E-state index contributed by atoms with van der Waals surface area (Å²) in [5.74, 6) is 1.34. The molecule has 1 aromatic rings. The van der Waals surface area contributed by atoms with Gasteiger partial charge in [0.05, 0.1) is 18.3 Å². The molecule has 0 radical (unpaired) electrons. The first-order chi connectivity index (χ1) is 15.7. The van der Waals surface area contributed by atoms with Crippen LogP contribution >= 0.6 is 0 Å². The van der Waals surface area contributed by atoms with Crippen molar-refractivity contribution >= 4 is 5.91 Å². The lowest BCUT2D eigenvalue weighted by Crippen LogP contribution is -2.51. The van der Waals surface area contributed by atoms with E-state index in [0.717, 1.165) is 96.0 Å². The Morgan fingerprint density at radius 1 is 1.00 bits per heavy atom. The normalized spacial score (nSPS) is 27.4. The van der Waals surface area contributed by atoms with Crippen molar-refractivity contribution in [1.29, 1.82) is 0 Å². The van der Waals surface area contributed by atoms with Gasteiger partial charge in [-0.3, -0.25) is 24.0 Å². The maximum Gasteiger partial charge on any atom is 0.253 e. The first-order valence-electron chi connectivity index (χ1n) is 12.6. The van der Waals surface area contributed by atoms with E-state index in [1.165, 1.54) is 12.8 Å². The molecule has 4 aliphatic rings. The van der Waals surface area contributed by atoms with E-state index < -0.39 is 0 Å².